The number of rotatable bonds is 3. The molecule has 1 aromatic heterocycles. The largest absolute Gasteiger partial charge is 2.00 e. The third-order valence-corrected chi connectivity index (χ3v) is 4.73. The van der Waals surface area contributed by atoms with Crippen molar-refractivity contribution < 1.29 is 27.3 Å². The van der Waals surface area contributed by atoms with Gasteiger partial charge in [0.25, 0.3) is 0 Å². The standard InChI is InChI=1S/C13H12O.C10H8OS.Fe/c14-13(12-8-4-5-9-12)10-11-6-2-1-3-7-11;11-10(8-4-1-2-5-8)9-6-3-7-12-9;/h1-9,14H,10H2;1-7,11H;/q;;+2/p-2. The molecule has 0 spiro atoms. The van der Waals surface area contributed by atoms with Crippen LogP contribution in [-0.4, -0.2) is 0 Å². The van der Waals surface area contributed by atoms with Crippen LogP contribution in [0.3, 0.4) is 0 Å². The topological polar surface area (TPSA) is 46.1 Å². The van der Waals surface area contributed by atoms with Crippen LogP contribution >= 0.6 is 11.3 Å². The first kappa shape index (κ1) is 20.8. The van der Waals surface area contributed by atoms with Crippen molar-refractivity contribution in [1.82, 2.24) is 0 Å². The Kier molecular flexibility index (Phi) is 8.15. The van der Waals surface area contributed by atoms with Gasteiger partial charge in [-0.3, -0.25) is 0 Å². The summed E-state index contributed by atoms with van der Waals surface area (Å²) in [5.41, 5.74) is 2.64. The molecule has 0 saturated carbocycles. The van der Waals surface area contributed by atoms with Gasteiger partial charge in [-0.05, 0) is 34.6 Å². The summed E-state index contributed by atoms with van der Waals surface area (Å²) in [6.07, 6.45) is 15.4. The van der Waals surface area contributed by atoms with Crippen molar-refractivity contribution in [3.63, 3.8) is 0 Å². The van der Waals surface area contributed by atoms with Gasteiger partial charge in [0.1, 0.15) is 0 Å². The van der Waals surface area contributed by atoms with E-state index >= 15 is 0 Å². The van der Waals surface area contributed by atoms with Gasteiger partial charge in [-0.25, -0.2) is 0 Å². The molecule has 2 aliphatic carbocycles. The molecular weight excluding hydrogens is 396 g/mol. The van der Waals surface area contributed by atoms with E-state index in [9.17, 15) is 10.2 Å². The monoisotopic (exact) mass is 414 g/mol. The van der Waals surface area contributed by atoms with Gasteiger partial charge in [0.05, 0.1) is 0 Å². The predicted molar refractivity (Wildman–Crippen MR) is 105 cm³/mol. The zero-order valence-corrected chi connectivity index (χ0v) is 16.4. The maximum atomic E-state index is 11.7. The molecule has 4 heteroatoms. The van der Waals surface area contributed by atoms with Crippen LogP contribution in [-0.2, 0) is 23.5 Å². The number of hydrogen-bond acceptors (Lipinski definition) is 3. The fourth-order valence-electron chi connectivity index (χ4n) is 2.52. The normalized spacial score (nSPS) is 13.3. The first-order chi connectivity index (χ1) is 12.7. The summed E-state index contributed by atoms with van der Waals surface area (Å²) in [6.45, 7) is 0. The maximum absolute atomic E-state index is 11.7. The third kappa shape index (κ3) is 6.00. The van der Waals surface area contributed by atoms with Crippen LogP contribution in [0.4, 0.5) is 0 Å². The van der Waals surface area contributed by atoms with Crippen LogP contribution in [0, 0.1) is 0 Å². The average molecular weight is 414 g/mol. The molecule has 0 radical (unpaired) electrons. The van der Waals surface area contributed by atoms with Crippen LogP contribution in [0.1, 0.15) is 10.4 Å². The molecule has 2 aliphatic rings. The van der Waals surface area contributed by atoms with Crippen LogP contribution in [0.25, 0.3) is 5.76 Å². The molecule has 0 bridgehead atoms. The molecule has 27 heavy (non-hydrogen) atoms. The minimum Gasteiger partial charge on any atom is -0.875 e. The Morgan fingerprint density at radius 3 is 1.89 bits per heavy atom. The van der Waals surface area contributed by atoms with Gasteiger partial charge < -0.3 is 10.2 Å². The summed E-state index contributed by atoms with van der Waals surface area (Å²) < 4.78 is 0. The summed E-state index contributed by atoms with van der Waals surface area (Å²) in [6, 6.07) is 13.5. The Labute approximate surface area is 174 Å². The van der Waals surface area contributed by atoms with Crippen molar-refractivity contribution in [2.45, 2.75) is 6.42 Å². The maximum Gasteiger partial charge on any atom is 2.00 e. The van der Waals surface area contributed by atoms with E-state index in [-0.39, 0.29) is 28.6 Å². The third-order valence-electron chi connectivity index (χ3n) is 3.86. The number of thiophene rings is 1. The van der Waals surface area contributed by atoms with Crippen LogP contribution < -0.4 is 10.2 Å². The summed E-state index contributed by atoms with van der Waals surface area (Å²) in [4.78, 5) is 0.807. The van der Waals surface area contributed by atoms with E-state index in [0.717, 1.165) is 21.6 Å². The SMILES string of the molecule is [Fe+2].[O-]C(=C1C=CC=C1)c1cccs1.[O-]C(Cc1ccccc1)=C1C=CC=C1. The van der Waals surface area contributed by atoms with Gasteiger partial charge in [0, 0.05) is 4.88 Å². The number of benzene rings is 1. The van der Waals surface area contributed by atoms with E-state index < -0.39 is 0 Å². The van der Waals surface area contributed by atoms with Crippen molar-refractivity contribution in [2.24, 2.45) is 0 Å². The molecule has 0 amide bonds. The van der Waals surface area contributed by atoms with E-state index in [2.05, 4.69) is 0 Å². The summed E-state index contributed by atoms with van der Waals surface area (Å²) in [5, 5.41) is 25.2. The number of hydrogen-bond donors (Lipinski definition) is 0. The molecule has 2 nitrogen and oxygen atoms in total. The van der Waals surface area contributed by atoms with Gasteiger partial charge in [0.2, 0.25) is 0 Å². The summed E-state index contributed by atoms with van der Waals surface area (Å²) >= 11 is 1.48. The average Bonchev–Trinajstić information content (AvgIpc) is 3.46. The van der Waals surface area contributed by atoms with Crippen molar-refractivity contribution in [3.8, 4) is 0 Å². The molecule has 0 unspecified atom stereocenters. The summed E-state index contributed by atoms with van der Waals surface area (Å²) in [7, 11) is 0. The van der Waals surface area contributed by atoms with Crippen LogP contribution in [0.15, 0.2) is 113 Å². The van der Waals surface area contributed by atoms with Gasteiger partial charge in [-0.15, -0.1) is 17.1 Å². The molecule has 136 valence electrons. The molecule has 0 saturated heterocycles. The zero-order chi connectivity index (χ0) is 18.2. The minimum absolute atomic E-state index is 0. The van der Waals surface area contributed by atoms with E-state index in [1.54, 1.807) is 0 Å². The molecular formula is C23H18FeO2S. The first-order valence-corrected chi connectivity index (χ1v) is 9.21. The Morgan fingerprint density at radius 1 is 0.741 bits per heavy atom. The molecule has 2 aromatic rings. The molecule has 0 fully saturated rings. The molecule has 4 rings (SSSR count). The van der Waals surface area contributed by atoms with Crippen molar-refractivity contribution in [1.29, 1.82) is 0 Å². The predicted octanol–water partition coefficient (Wildman–Crippen LogP) is 3.91. The second-order valence-electron chi connectivity index (χ2n) is 5.74. The molecule has 1 aromatic carbocycles. The Bertz CT molecular complexity index is 887. The first-order valence-electron chi connectivity index (χ1n) is 8.33. The van der Waals surface area contributed by atoms with Crippen molar-refractivity contribution in [3.05, 3.63) is 124 Å². The van der Waals surface area contributed by atoms with E-state index in [4.69, 9.17) is 0 Å². The van der Waals surface area contributed by atoms with Crippen molar-refractivity contribution in [2.75, 3.05) is 0 Å². The molecule has 0 N–H and O–H groups in total. The minimum atomic E-state index is 0. The fraction of sp³-hybridized carbons (Fsp3) is 0.0435. The van der Waals surface area contributed by atoms with Crippen LogP contribution in [0.5, 0.6) is 0 Å². The molecule has 0 atom stereocenters. The van der Waals surface area contributed by atoms with Gasteiger partial charge in [-0.2, -0.15) is 0 Å². The van der Waals surface area contributed by atoms with E-state index in [1.165, 1.54) is 11.3 Å². The van der Waals surface area contributed by atoms with Gasteiger partial charge in [0.15, 0.2) is 0 Å². The second kappa shape index (κ2) is 10.6. The number of allylic oxidation sites excluding steroid dienone is 11. The molecule has 1 heterocycles. The molecule has 0 aliphatic heterocycles. The quantitative estimate of drug-likeness (QED) is 0.565. The van der Waals surface area contributed by atoms with Crippen LogP contribution in [0.2, 0.25) is 0 Å². The van der Waals surface area contributed by atoms with Gasteiger partial charge in [-0.1, -0.05) is 90.8 Å². The van der Waals surface area contributed by atoms with Gasteiger partial charge >= 0.3 is 17.1 Å². The smallest absolute Gasteiger partial charge is 0.875 e. The Balaban J connectivity index is 0.000000189. The second-order valence-corrected chi connectivity index (χ2v) is 6.69. The zero-order valence-electron chi connectivity index (χ0n) is 14.5. The Morgan fingerprint density at radius 2 is 1.33 bits per heavy atom. The van der Waals surface area contributed by atoms with Crippen molar-refractivity contribution >= 4 is 17.1 Å². The summed E-state index contributed by atoms with van der Waals surface area (Å²) in [5.74, 6) is 0.302. The Hall–Kier alpha value is -2.52. The fourth-order valence-corrected chi connectivity index (χ4v) is 3.20. The van der Waals surface area contributed by atoms with E-state index in [1.807, 2.05) is 96.5 Å². The van der Waals surface area contributed by atoms with E-state index in [0.29, 0.717) is 6.42 Å².